The van der Waals surface area contributed by atoms with Crippen LogP contribution in [-0.2, 0) is 17.5 Å². The van der Waals surface area contributed by atoms with E-state index < -0.39 is 11.7 Å². The minimum absolute atomic E-state index is 0.0319. The van der Waals surface area contributed by atoms with Crippen LogP contribution in [0.2, 0.25) is 0 Å². The highest BCUT2D eigenvalue weighted by Gasteiger charge is 2.29. The molecular formula is C15H21F3N2O. The molecule has 0 fully saturated rings. The van der Waals surface area contributed by atoms with Crippen LogP contribution in [0.5, 0.6) is 0 Å². The molecule has 21 heavy (non-hydrogen) atoms. The maximum atomic E-state index is 12.4. The Morgan fingerprint density at radius 3 is 2.33 bits per heavy atom. The van der Waals surface area contributed by atoms with Gasteiger partial charge in [-0.3, -0.25) is 4.79 Å². The molecule has 1 atom stereocenters. The molecule has 0 heterocycles. The molecule has 0 saturated heterocycles. The van der Waals surface area contributed by atoms with Gasteiger partial charge in [-0.05, 0) is 37.5 Å². The number of amides is 1. The Labute approximate surface area is 122 Å². The Hall–Kier alpha value is -1.56. The van der Waals surface area contributed by atoms with Crippen LogP contribution in [-0.4, -0.2) is 23.9 Å². The first-order valence-electron chi connectivity index (χ1n) is 6.86. The average molecular weight is 302 g/mol. The lowest BCUT2D eigenvalue weighted by molar-refractivity contribution is -0.137. The summed E-state index contributed by atoms with van der Waals surface area (Å²) < 4.78 is 37.3. The molecule has 3 nitrogen and oxygen atoms in total. The third-order valence-electron chi connectivity index (χ3n) is 3.18. The quantitative estimate of drug-likeness (QED) is 0.877. The van der Waals surface area contributed by atoms with Crippen LogP contribution in [0.4, 0.5) is 13.2 Å². The number of benzene rings is 1. The van der Waals surface area contributed by atoms with E-state index in [0.29, 0.717) is 24.9 Å². The Morgan fingerprint density at radius 1 is 1.29 bits per heavy atom. The minimum atomic E-state index is -4.33. The van der Waals surface area contributed by atoms with Gasteiger partial charge in [-0.2, -0.15) is 13.2 Å². The van der Waals surface area contributed by atoms with Crippen LogP contribution < -0.4 is 5.73 Å². The van der Waals surface area contributed by atoms with Gasteiger partial charge in [0, 0.05) is 26.1 Å². The summed E-state index contributed by atoms with van der Waals surface area (Å²) in [6, 6.07) is 4.93. The standard InChI is InChI=1S/C15H21F3N2O/c1-11(19)4-3-5-14(21)20(2)10-12-6-8-13(9-7-12)15(16,17)18/h6-9,11H,3-5,10,19H2,1-2H3. The first kappa shape index (κ1) is 17.5. The fourth-order valence-electron chi connectivity index (χ4n) is 1.93. The van der Waals surface area contributed by atoms with Crippen molar-refractivity contribution in [3.05, 3.63) is 35.4 Å². The van der Waals surface area contributed by atoms with E-state index in [9.17, 15) is 18.0 Å². The maximum absolute atomic E-state index is 12.4. The Morgan fingerprint density at radius 2 is 1.86 bits per heavy atom. The summed E-state index contributed by atoms with van der Waals surface area (Å²) in [5, 5.41) is 0. The van der Waals surface area contributed by atoms with E-state index in [4.69, 9.17) is 5.73 Å². The average Bonchev–Trinajstić information content (AvgIpc) is 2.37. The first-order chi connectivity index (χ1) is 9.70. The van der Waals surface area contributed by atoms with E-state index in [1.807, 2.05) is 6.92 Å². The van der Waals surface area contributed by atoms with E-state index in [0.717, 1.165) is 18.6 Å². The van der Waals surface area contributed by atoms with Crippen LogP contribution >= 0.6 is 0 Å². The highest BCUT2D eigenvalue weighted by Crippen LogP contribution is 2.29. The molecule has 1 rings (SSSR count). The van der Waals surface area contributed by atoms with Crippen molar-refractivity contribution in [2.75, 3.05) is 7.05 Å². The zero-order valence-corrected chi connectivity index (χ0v) is 12.3. The van der Waals surface area contributed by atoms with E-state index in [-0.39, 0.29) is 11.9 Å². The van der Waals surface area contributed by atoms with Gasteiger partial charge in [-0.25, -0.2) is 0 Å². The molecule has 0 aliphatic rings. The monoisotopic (exact) mass is 302 g/mol. The van der Waals surface area contributed by atoms with Gasteiger partial charge >= 0.3 is 6.18 Å². The number of nitrogens with zero attached hydrogens (tertiary/aromatic N) is 1. The molecule has 0 saturated carbocycles. The minimum Gasteiger partial charge on any atom is -0.341 e. The van der Waals surface area contributed by atoms with E-state index >= 15 is 0 Å². The molecule has 0 aromatic heterocycles. The molecule has 6 heteroatoms. The van der Waals surface area contributed by atoms with Crippen molar-refractivity contribution in [2.24, 2.45) is 5.73 Å². The Balaban J connectivity index is 2.50. The second-order valence-electron chi connectivity index (χ2n) is 5.31. The topological polar surface area (TPSA) is 46.3 Å². The molecule has 0 bridgehead atoms. The van der Waals surface area contributed by atoms with Gasteiger partial charge < -0.3 is 10.6 Å². The molecular weight excluding hydrogens is 281 g/mol. The summed E-state index contributed by atoms with van der Waals surface area (Å²) >= 11 is 0. The van der Waals surface area contributed by atoms with E-state index in [1.54, 1.807) is 7.05 Å². The molecule has 0 radical (unpaired) electrons. The SMILES string of the molecule is CC(N)CCCC(=O)N(C)Cc1ccc(C(F)(F)F)cc1. The summed E-state index contributed by atoms with van der Waals surface area (Å²) in [6.45, 7) is 2.19. The second-order valence-corrected chi connectivity index (χ2v) is 5.31. The van der Waals surface area contributed by atoms with Crippen LogP contribution in [0.3, 0.4) is 0 Å². The molecule has 1 amide bonds. The van der Waals surface area contributed by atoms with Gasteiger partial charge in [0.25, 0.3) is 0 Å². The molecule has 0 spiro atoms. The lowest BCUT2D eigenvalue weighted by atomic mass is 10.1. The van der Waals surface area contributed by atoms with Gasteiger partial charge in [0.1, 0.15) is 0 Å². The number of hydrogen-bond acceptors (Lipinski definition) is 2. The molecule has 1 unspecified atom stereocenters. The zero-order chi connectivity index (χ0) is 16.0. The summed E-state index contributed by atoms with van der Waals surface area (Å²) in [6.07, 6.45) is -2.44. The van der Waals surface area contributed by atoms with Gasteiger partial charge in [-0.15, -0.1) is 0 Å². The molecule has 1 aromatic rings. The molecule has 1 aromatic carbocycles. The first-order valence-corrected chi connectivity index (χ1v) is 6.86. The van der Waals surface area contributed by atoms with Gasteiger partial charge in [-0.1, -0.05) is 12.1 Å². The largest absolute Gasteiger partial charge is 0.416 e. The predicted octanol–water partition coefficient (Wildman–Crippen LogP) is 3.18. The third kappa shape index (κ3) is 6.16. The fraction of sp³-hybridized carbons (Fsp3) is 0.533. The number of halogens is 3. The number of hydrogen-bond donors (Lipinski definition) is 1. The summed E-state index contributed by atoms with van der Waals surface area (Å²) in [4.78, 5) is 13.4. The van der Waals surface area contributed by atoms with Crippen molar-refractivity contribution in [1.82, 2.24) is 4.90 Å². The zero-order valence-electron chi connectivity index (χ0n) is 12.3. The Kier molecular flexibility index (Phi) is 6.20. The third-order valence-corrected chi connectivity index (χ3v) is 3.18. The lowest BCUT2D eigenvalue weighted by Gasteiger charge is -2.18. The van der Waals surface area contributed by atoms with Crippen molar-refractivity contribution in [3.8, 4) is 0 Å². The van der Waals surface area contributed by atoms with Crippen LogP contribution in [0, 0.1) is 0 Å². The van der Waals surface area contributed by atoms with E-state index in [2.05, 4.69) is 0 Å². The Bertz CT molecular complexity index is 455. The van der Waals surface area contributed by atoms with E-state index in [1.165, 1.54) is 17.0 Å². The number of carbonyl (C=O) groups excluding carboxylic acids is 1. The maximum Gasteiger partial charge on any atom is 0.416 e. The fourth-order valence-corrected chi connectivity index (χ4v) is 1.93. The van der Waals surface area contributed by atoms with Crippen molar-refractivity contribution in [2.45, 2.75) is 44.9 Å². The molecule has 0 aliphatic heterocycles. The highest BCUT2D eigenvalue weighted by atomic mass is 19.4. The van der Waals surface area contributed by atoms with Crippen molar-refractivity contribution in [3.63, 3.8) is 0 Å². The van der Waals surface area contributed by atoms with Crippen molar-refractivity contribution < 1.29 is 18.0 Å². The van der Waals surface area contributed by atoms with Gasteiger partial charge in [0.05, 0.1) is 5.56 Å². The van der Waals surface area contributed by atoms with Gasteiger partial charge in [0.2, 0.25) is 5.91 Å². The lowest BCUT2D eigenvalue weighted by Crippen LogP contribution is -2.26. The number of rotatable bonds is 6. The number of nitrogens with two attached hydrogens (primary N) is 1. The van der Waals surface area contributed by atoms with Crippen LogP contribution in [0.25, 0.3) is 0 Å². The normalized spacial score (nSPS) is 13.0. The van der Waals surface area contributed by atoms with Crippen LogP contribution in [0.15, 0.2) is 24.3 Å². The number of alkyl halides is 3. The van der Waals surface area contributed by atoms with Crippen molar-refractivity contribution >= 4 is 5.91 Å². The molecule has 2 N–H and O–H groups in total. The summed E-state index contributed by atoms with van der Waals surface area (Å²) in [5.41, 5.74) is 5.60. The van der Waals surface area contributed by atoms with Crippen molar-refractivity contribution in [1.29, 1.82) is 0 Å². The summed E-state index contributed by atoms with van der Waals surface area (Å²) in [5.74, 6) is -0.0319. The highest BCUT2D eigenvalue weighted by molar-refractivity contribution is 5.75. The predicted molar refractivity (Wildman–Crippen MR) is 75.4 cm³/mol. The van der Waals surface area contributed by atoms with Crippen LogP contribution in [0.1, 0.15) is 37.3 Å². The number of carbonyl (C=O) groups is 1. The molecule has 0 aliphatic carbocycles. The second kappa shape index (κ2) is 7.45. The molecule has 118 valence electrons. The van der Waals surface area contributed by atoms with Gasteiger partial charge in [0.15, 0.2) is 0 Å². The summed E-state index contributed by atoms with van der Waals surface area (Å²) in [7, 11) is 1.64. The smallest absolute Gasteiger partial charge is 0.341 e.